The lowest BCUT2D eigenvalue weighted by Gasteiger charge is -2.37. The maximum absolute atomic E-state index is 10.7. The fraction of sp³-hybridized carbons (Fsp3) is 0.529. The van der Waals surface area contributed by atoms with Crippen LogP contribution < -0.4 is 0 Å². The van der Waals surface area contributed by atoms with Crippen LogP contribution in [-0.2, 0) is 0 Å². The fourth-order valence-corrected chi connectivity index (χ4v) is 4.30. The molecule has 1 N–H and O–H groups in total. The maximum Gasteiger partial charge on any atom is 0.134 e. The largest absolute Gasteiger partial charge is 0.458 e. The van der Waals surface area contributed by atoms with E-state index in [2.05, 4.69) is 11.9 Å². The van der Waals surface area contributed by atoms with Crippen LogP contribution >= 0.6 is 11.6 Å². The molecule has 2 aliphatic heterocycles. The zero-order valence-corrected chi connectivity index (χ0v) is 12.9. The molecule has 4 heteroatoms. The number of rotatable bonds is 2. The molecule has 0 amide bonds. The molecule has 21 heavy (non-hydrogen) atoms. The number of aliphatic hydroxyl groups excluding tert-OH is 1. The number of hydrogen-bond donors (Lipinski definition) is 1. The molecular weight excluding hydrogens is 286 g/mol. The van der Waals surface area contributed by atoms with Gasteiger partial charge in [-0.25, -0.2) is 0 Å². The Kier molecular flexibility index (Phi) is 3.25. The number of nitrogens with zero attached hydrogens (tertiary/aromatic N) is 1. The van der Waals surface area contributed by atoms with Crippen molar-refractivity contribution in [2.75, 3.05) is 7.05 Å². The van der Waals surface area contributed by atoms with Gasteiger partial charge in [0.25, 0.3) is 0 Å². The van der Waals surface area contributed by atoms with Crippen LogP contribution in [0.3, 0.4) is 0 Å². The molecule has 112 valence electrons. The molecule has 3 nitrogen and oxygen atoms in total. The molecule has 2 bridgehead atoms. The minimum absolute atomic E-state index is 0.301. The van der Waals surface area contributed by atoms with E-state index in [9.17, 15) is 5.11 Å². The summed E-state index contributed by atoms with van der Waals surface area (Å²) in [5.74, 6) is 0.982. The van der Waals surface area contributed by atoms with Gasteiger partial charge in [-0.05, 0) is 62.9 Å². The van der Waals surface area contributed by atoms with Gasteiger partial charge in [0.2, 0.25) is 0 Å². The van der Waals surface area contributed by atoms with E-state index in [0.717, 1.165) is 23.8 Å². The second-order valence-corrected chi connectivity index (χ2v) is 6.99. The topological polar surface area (TPSA) is 36.6 Å². The lowest BCUT2D eigenvalue weighted by atomic mass is 9.85. The Hall–Kier alpha value is -1.03. The van der Waals surface area contributed by atoms with Crippen LogP contribution in [0.5, 0.6) is 0 Å². The van der Waals surface area contributed by atoms with Gasteiger partial charge in [0.05, 0.1) is 0 Å². The Morgan fingerprint density at radius 3 is 2.67 bits per heavy atom. The first kappa shape index (κ1) is 13.6. The summed E-state index contributed by atoms with van der Waals surface area (Å²) >= 11 is 6.01. The lowest BCUT2D eigenvalue weighted by molar-refractivity contribution is 0.0244. The molecule has 2 aromatic rings. The molecule has 4 rings (SSSR count). The summed E-state index contributed by atoms with van der Waals surface area (Å²) in [7, 11) is 2.22. The SMILES string of the molecule is CN1C2CCC1CC(C(O)c1cc3cc(Cl)ccc3o1)C2. The summed E-state index contributed by atoms with van der Waals surface area (Å²) in [6.45, 7) is 0. The summed E-state index contributed by atoms with van der Waals surface area (Å²) in [5, 5.41) is 12.4. The first-order chi connectivity index (χ1) is 10.1. The molecule has 2 saturated heterocycles. The van der Waals surface area contributed by atoms with Crippen molar-refractivity contribution >= 4 is 22.6 Å². The minimum atomic E-state index is -0.507. The van der Waals surface area contributed by atoms with Gasteiger partial charge in [0.15, 0.2) is 0 Å². The van der Waals surface area contributed by atoms with Gasteiger partial charge in [0, 0.05) is 22.5 Å². The molecule has 2 fully saturated rings. The highest BCUT2D eigenvalue weighted by molar-refractivity contribution is 6.31. The monoisotopic (exact) mass is 305 g/mol. The zero-order chi connectivity index (χ0) is 14.6. The molecule has 1 aromatic heterocycles. The highest BCUT2D eigenvalue weighted by atomic mass is 35.5. The summed E-state index contributed by atoms with van der Waals surface area (Å²) in [4.78, 5) is 2.49. The van der Waals surface area contributed by atoms with E-state index in [1.54, 1.807) is 0 Å². The standard InChI is InChI=1S/C17H20ClNO2/c1-19-13-3-4-14(19)8-11(7-13)17(20)16-9-10-6-12(18)2-5-15(10)21-16/h2,5-6,9,11,13-14,17,20H,3-4,7-8H2,1H3. The second kappa shape index (κ2) is 5.01. The first-order valence-corrected chi connectivity index (χ1v) is 8.08. The molecule has 0 spiro atoms. The molecule has 3 unspecified atom stereocenters. The van der Waals surface area contributed by atoms with Crippen molar-refractivity contribution in [2.45, 2.75) is 43.9 Å². The van der Waals surface area contributed by atoms with Crippen LogP contribution in [-0.4, -0.2) is 29.1 Å². The van der Waals surface area contributed by atoms with E-state index >= 15 is 0 Å². The fourth-order valence-electron chi connectivity index (χ4n) is 4.12. The van der Waals surface area contributed by atoms with Crippen molar-refractivity contribution in [3.05, 3.63) is 35.0 Å². The summed E-state index contributed by atoms with van der Waals surface area (Å²) in [6.07, 6.45) is 4.14. The predicted molar refractivity (Wildman–Crippen MR) is 83.5 cm³/mol. The summed E-state index contributed by atoms with van der Waals surface area (Å²) in [5.41, 5.74) is 0.796. The summed E-state index contributed by atoms with van der Waals surface area (Å²) < 4.78 is 5.83. The normalized spacial score (nSPS) is 30.9. The van der Waals surface area contributed by atoms with Crippen LogP contribution in [0.2, 0.25) is 5.02 Å². The molecule has 2 aliphatic rings. The Morgan fingerprint density at radius 1 is 1.24 bits per heavy atom. The number of piperidine rings is 1. The Labute approximate surface area is 129 Å². The average Bonchev–Trinajstić information content (AvgIpc) is 2.94. The number of furan rings is 1. The molecule has 0 saturated carbocycles. The van der Waals surface area contributed by atoms with E-state index < -0.39 is 6.10 Å². The molecule has 0 aliphatic carbocycles. The minimum Gasteiger partial charge on any atom is -0.458 e. The van der Waals surface area contributed by atoms with Gasteiger partial charge in [0.1, 0.15) is 17.4 Å². The van der Waals surface area contributed by atoms with E-state index in [1.807, 2.05) is 24.3 Å². The van der Waals surface area contributed by atoms with Gasteiger partial charge >= 0.3 is 0 Å². The van der Waals surface area contributed by atoms with Crippen LogP contribution in [0.15, 0.2) is 28.7 Å². The highest BCUT2D eigenvalue weighted by Gasteiger charge is 2.41. The average molecular weight is 306 g/mol. The van der Waals surface area contributed by atoms with E-state index in [0.29, 0.717) is 28.8 Å². The Morgan fingerprint density at radius 2 is 1.95 bits per heavy atom. The number of aliphatic hydroxyl groups is 1. The number of halogens is 1. The summed E-state index contributed by atoms with van der Waals surface area (Å²) in [6, 6.07) is 8.76. The van der Waals surface area contributed by atoms with Gasteiger partial charge in [-0.1, -0.05) is 11.6 Å². The van der Waals surface area contributed by atoms with Crippen molar-refractivity contribution in [3.63, 3.8) is 0 Å². The molecule has 3 atom stereocenters. The van der Waals surface area contributed by atoms with Crippen molar-refractivity contribution in [1.82, 2.24) is 4.90 Å². The number of fused-ring (bicyclic) bond motifs is 3. The van der Waals surface area contributed by atoms with E-state index in [1.165, 1.54) is 12.8 Å². The molecule has 0 radical (unpaired) electrons. The van der Waals surface area contributed by atoms with Gasteiger partial charge in [-0.15, -0.1) is 0 Å². The van der Waals surface area contributed by atoms with Gasteiger partial charge in [-0.2, -0.15) is 0 Å². The third-order valence-corrected chi connectivity index (χ3v) is 5.61. The zero-order valence-electron chi connectivity index (χ0n) is 12.1. The van der Waals surface area contributed by atoms with Gasteiger partial charge < -0.3 is 14.4 Å². The van der Waals surface area contributed by atoms with Gasteiger partial charge in [-0.3, -0.25) is 0 Å². The lowest BCUT2D eigenvalue weighted by Crippen LogP contribution is -2.41. The van der Waals surface area contributed by atoms with Crippen molar-refractivity contribution in [1.29, 1.82) is 0 Å². The van der Waals surface area contributed by atoms with Crippen LogP contribution in [0, 0.1) is 5.92 Å². The number of benzene rings is 1. The maximum atomic E-state index is 10.7. The van der Waals surface area contributed by atoms with Crippen LogP contribution in [0.4, 0.5) is 0 Å². The smallest absolute Gasteiger partial charge is 0.134 e. The van der Waals surface area contributed by atoms with Crippen molar-refractivity contribution < 1.29 is 9.52 Å². The van der Waals surface area contributed by atoms with Crippen molar-refractivity contribution in [2.24, 2.45) is 5.92 Å². The van der Waals surface area contributed by atoms with E-state index in [-0.39, 0.29) is 0 Å². The van der Waals surface area contributed by atoms with Crippen LogP contribution in [0.25, 0.3) is 11.0 Å². The van der Waals surface area contributed by atoms with E-state index in [4.69, 9.17) is 16.0 Å². The second-order valence-electron chi connectivity index (χ2n) is 6.56. The molecule has 3 heterocycles. The number of hydrogen-bond acceptors (Lipinski definition) is 3. The molecular formula is C17H20ClNO2. The third kappa shape index (κ3) is 2.28. The first-order valence-electron chi connectivity index (χ1n) is 7.71. The highest BCUT2D eigenvalue weighted by Crippen LogP contribution is 2.43. The molecule has 1 aromatic carbocycles. The Bertz CT molecular complexity index is 654. The third-order valence-electron chi connectivity index (χ3n) is 5.37. The quantitative estimate of drug-likeness (QED) is 0.911. The Balaban J connectivity index is 1.60. The van der Waals surface area contributed by atoms with Crippen LogP contribution in [0.1, 0.15) is 37.5 Å². The predicted octanol–water partition coefficient (Wildman–Crippen LogP) is 3.99. The van der Waals surface area contributed by atoms with Crippen molar-refractivity contribution in [3.8, 4) is 0 Å².